The van der Waals surface area contributed by atoms with E-state index in [0.29, 0.717) is 18.8 Å². The van der Waals surface area contributed by atoms with Crippen molar-refractivity contribution in [3.63, 3.8) is 0 Å². The number of benzene rings is 1. The lowest BCUT2D eigenvalue weighted by molar-refractivity contribution is -0.386. The van der Waals surface area contributed by atoms with E-state index in [0.717, 1.165) is 0 Å². The van der Waals surface area contributed by atoms with Crippen molar-refractivity contribution in [2.24, 2.45) is 0 Å². The fourth-order valence-electron chi connectivity index (χ4n) is 1.69. The molecule has 1 aromatic rings. The highest BCUT2D eigenvalue weighted by atomic mass is 16.6. The van der Waals surface area contributed by atoms with E-state index in [4.69, 9.17) is 4.74 Å². The highest BCUT2D eigenvalue weighted by Gasteiger charge is 2.30. The van der Waals surface area contributed by atoms with Crippen LogP contribution in [-0.4, -0.2) is 40.0 Å². The largest absolute Gasteiger partial charge is 0.502 e. The number of nitro benzene ring substituents is 1. The van der Waals surface area contributed by atoms with E-state index in [1.807, 2.05) is 0 Å². The van der Waals surface area contributed by atoms with Gasteiger partial charge in [-0.1, -0.05) is 0 Å². The summed E-state index contributed by atoms with van der Waals surface area (Å²) in [5.41, 5.74) is -0.393. The number of amides is 1. The van der Waals surface area contributed by atoms with Crippen LogP contribution in [-0.2, 0) is 4.79 Å². The van der Waals surface area contributed by atoms with Gasteiger partial charge < -0.3 is 14.7 Å². The van der Waals surface area contributed by atoms with Crippen molar-refractivity contribution in [3.05, 3.63) is 28.3 Å². The lowest BCUT2D eigenvalue weighted by Crippen LogP contribution is -2.55. The number of phenols is 1. The highest BCUT2D eigenvalue weighted by molar-refractivity contribution is 5.74. The maximum absolute atomic E-state index is 11.0. The van der Waals surface area contributed by atoms with Crippen LogP contribution in [0.15, 0.2) is 18.2 Å². The van der Waals surface area contributed by atoms with Crippen LogP contribution < -0.4 is 4.74 Å². The molecule has 0 aromatic heterocycles. The second kappa shape index (κ2) is 4.52. The lowest BCUT2D eigenvalue weighted by Gasteiger charge is -2.38. The Balaban J connectivity index is 2.01. The molecule has 2 rings (SSSR count). The minimum atomic E-state index is -0.676. The minimum absolute atomic E-state index is 0.0217. The van der Waals surface area contributed by atoms with Crippen LogP contribution in [0.5, 0.6) is 11.5 Å². The van der Waals surface area contributed by atoms with Gasteiger partial charge >= 0.3 is 5.69 Å². The summed E-state index contributed by atoms with van der Waals surface area (Å²) in [6.07, 6.45) is -0.155. The van der Waals surface area contributed by atoms with Crippen molar-refractivity contribution in [3.8, 4) is 11.5 Å². The van der Waals surface area contributed by atoms with Crippen molar-refractivity contribution in [1.29, 1.82) is 0 Å². The van der Waals surface area contributed by atoms with Crippen molar-refractivity contribution in [1.82, 2.24) is 4.90 Å². The third-order valence-corrected chi connectivity index (χ3v) is 2.74. The van der Waals surface area contributed by atoms with Gasteiger partial charge in [0.1, 0.15) is 11.9 Å². The first-order valence-electron chi connectivity index (χ1n) is 5.37. The van der Waals surface area contributed by atoms with Gasteiger partial charge in [0, 0.05) is 6.92 Å². The van der Waals surface area contributed by atoms with Gasteiger partial charge in [0.15, 0.2) is 5.75 Å². The predicted molar refractivity (Wildman–Crippen MR) is 61.4 cm³/mol. The lowest BCUT2D eigenvalue weighted by atomic mass is 10.1. The highest BCUT2D eigenvalue weighted by Crippen LogP contribution is 2.30. The predicted octanol–water partition coefficient (Wildman–Crippen LogP) is 0.910. The number of ether oxygens (including phenoxy) is 1. The SMILES string of the molecule is CC(=O)N1CC(Oc2ccc(O)c([N+](=O)[O-])c2)C1. The molecule has 1 aromatic carbocycles. The molecule has 0 radical (unpaired) electrons. The van der Waals surface area contributed by atoms with E-state index in [9.17, 15) is 20.0 Å². The number of nitrogens with zero attached hydrogens (tertiary/aromatic N) is 2. The standard InChI is InChI=1S/C11H12N2O5/c1-7(14)12-5-9(6-12)18-8-2-3-11(15)10(4-8)13(16)17/h2-4,9,15H,5-6H2,1H3. The Hall–Kier alpha value is -2.31. The van der Waals surface area contributed by atoms with E-state index in [2.05, 4.69) is 0 Å². The molecule has 0 bridgehead atoms. The number of phenolic OH excluding ortho intramolecular Hbond substituents is 1. The summed E-state index contributed by atoms with van der Waals surface area (Å²) in [7, 11) is 0. The molecule has 7 nitrogen and oxygen atoms in total. The number of aromatic hydroxyl groups is 1. The number of likely N-dealkylation sites (tertiary alicyclic amines) is 1. The summed E-state index contributed by atoms with van der Waals surface area (Å²) in [6.45, 7) is 2.43. The van der Waals surface area contributed by atoms with E-state index in [1.165, 1.54) is 25.1 Å². The first-order valence-corrected chi connectivity index (χ1v) is 5.37. The average molecular weight is 252 g/mol. The molecule has 0 atom stereocenters. The van der Waals surface area contributed by atoms with E-state index < -0.39 is 16.4 Å². The first-order chi connectivity index (χ1) is 8.47. The zero-order valence-corrected chi connectivity index (χ0v) is 9.70. The van der Waals surface area contributed by atoms with Crippen LogP contribution in [0.1, 0.15) is 6.92 Å². The number of rotatable bonds is 3. The van der Waals surface area contributed by atoms with Crippen molar-refractivity contribution < 1.29 is 19.6 Å². The van der Waals surface area contributed by atoms with Gasteiger partial charge in [-0.05, 0) is 12.1 Å². The van der Waals surface area contributed by atoms with Gasteiger partial charge in [0.2, 0.25) is 5.91 Å². The van der Waals surface area contributed by atoms with Crippen LogP contribution in [0.2, 0.25) is 0 Å². The number of nitro groups is 1. The summed E-state index contributed by atoms with van der Waals surface area (Å²) < 4.78 is 5.47. The van der Waals surface area contributed by atoms with Gasteiger partial charge in [-0.2, -0.15) is 0 Å². The molecule has 1 aliphatic rings. The molecule has 1 saturated heterocycles. The van der Waals surface area contributed by atoms with Crippen LogP contribution in [0.4, 0.5) is 5.69 Å². The Morgan fingerprint density at radius 1 is 1.56 bits per heavy atom. The van der Waals surface area contributed by atoms with Gasteiger partial charge in [-0.15, -0.1) is 0 Å². The molecule has 96 valence electrons. The Kier molecular flexibility index (Phi) is 3.05. The van der Waals surface area contributed by atoms with Gasteiger partial charge in [0.25, 0.3) is 0 Å². The molecule has 0 spiro atoms. The molecule has 0 unspecified atom stereocenters. The van der Waals surface area contributed by atoms with Crippen LogP contribution in [0, 0.1) is 10.1 Å². The number of hydrogen-bond acceptors (Lipinski definition) is 5. The topological polar surface area (TPSA) is 92.9 Å². The average Bonchev–Trinajstić information content (AvgIpc) is 2.23. The Bertz CT molecular complexity index is 496. The van der Waals surface area contributed by atoms with Crippen LogP contribution in [0.3, 0.4) is 0 Å². The summed E-state index contributed by atoms with van der Waals surface area (Å²) >= 11 is 0. The molecule has 0 saturated carbocycles. The fraction of sp³-hybridized carbons (Fsp3) is 0.364. The minimum Gasteiger partial charge on any atom is -0.502 e. The Morgan fingerprint density at radius 3 is 2.78 bits per heavy atom. The zero-order valence-electron chi connectivity index (χ0n) is 9.70. The maximum atomic E-state index is 11.0. The van der Waals surface area contributed by atoms with E-state index >= 15 is 0 Å². The van der Waals surface area contributed by atoms with Gasteiger partial charge in [-0.3, -0.25) is 14.9 Å². The van der Waals surface area contributed by atoms with Crippen molar-refractivity contribution in [2.45, 2.75) is 13.0 Å². The number of carbonyl (C=O) groups is 1. The molecule has 1 heterocycles. The molecule has 18 heavy (non-hydrogen) atoms. The van der Waals surface area contributed by atoms with E-state index in [1.54, 1.807) is 4.90 Å². The molecule has 1 N–H and O–H groups in total. The van der Waals surface area contributed by atoms with Crippen molar-refractivity contribution in [2.75, 3.05) is 13.1 Å². The zero-order chi connectivity index (χ0) is 13.3. The molecule has 7 heteroatoms. The third kappa shape index (κ3) is 2.34. The van der Waals surface area contributed by atoms with Crippen LogP contribution >= 0.6 is 0 Å². The first kappa shape index (κ1) is 12.2. The Labute approximate surface area is 103 Å². The smallest absolute Gasteiger partial charge is 0.314 e. The molecule has 1 fully saturated rings. The van der Waals surface area contributed by atoms with Gasteiger partial charge in [0.05, 0.1) is 24.1 Å². The normalized spacial score (nSPS) is 15.1. The summed E-state index contributed by atoms with van der Waals surface area (Å²) in [5, 5.41) is 19.9. The quantitative estimate of drug-likeness (QED) is 0.637. The van der Waals surface area contributed by atoms with Crippen LogP contribution in [0.25, 0.3) is 0 Å². The maximum Gasteiger partial charge on any atom is 0.314 e. The number of hydrogen-bond donors (Lipinski definition) is 1. The fourth-order valence-corrected chi connectivity index (χ4v) is 1.69. The molecule has 1 aliphatic heterocycles. The van der Waals surface area contributed by atoms with Crippen molar-refractivity contribution >= 4 is 11.6 Å². The monoisotopic (exact) mass is 252 g/mol. The second-order valence-electron chi connectivity index (χ2n) is 4.07. The molecular weight excluding hydrogens is 240 g/mol. The van der Waals surface area contributed by atoms with E-state index in [-0.39, 0.29) is 12.0 Å². The molecule has 0 aliphatic carbocycles. The summed E-state index contributed by atoms with van der Waals surface area (Å²) in [4.78, 5) is 22.5. The summed E-state index contributed by atoms with van der Waals surface area (Å²) in [5.74, 6) is -0.106. The second-order valence-corrected chi connectivity index (χ2v) is 4.07. The molecule has 1 amide bonds. The third-order valence-electron chi connectivity index (χ3n) is 2.74. The summed E-state index contributed by atoms with van der Waals surface area (Å²) in [6, 6.07) is 3.85. The van der Waals surface area contributed by atoms with Gasteiger partial charge in [-0.25, -0.2) is 0 Å². The number of carbonyl (C=O) groups excluding carboxylic acids is 1. The Morgan fingerprint density at radius 2 is 2.22 bits per heavy atom. The molecular formula is C11H12N2O5.